The van der Waals surface area contributed by atoms with Crippen molar-refractivity contribution in [3.05, 3.63) is 0 Å². The highest BCUT2D eigenvalue weighted by Gasteiger charge is 2.31. The zero-order valence-electron chi connectivity index (χ0n) is 72.4. The van der Waals surface area contributed by atoms with Gasteiger partial charge in [-0.25, -0.2) is 9.13 Å². The number of phosphoric ester groups is 2. The summed E-state index contributed by atoms with van der Waals surface area (Å²) < 4.78 is 69.0. The van der Waals surface area contributed by atoms with E-state index in [1.54, 1.807) is 0 Å². The fourth-order valence-electron chi connectivity index (χ4n) is 14.3. The summed E-state index contributed by atoms with van der Waals surface area (Å²) >= 11 is 0. The Bertz CT molecular complexity index is 2080. The Morgan fingerprint density at radius 3 is 0.645 bits per heavy atom. The van der Waals surface area contributed by atoms with Gasteiger partial charge in [-0.15, -0.1) is 0 Å². The van der Waals surface area contributed by atoms with Crippen molar-refractivity contribution in [2.75, 3.05) is 39.6 Å². The van der Waals surface area contributed by atoms with Crippen LogP contribution in [0.1, 0.15) is 497 Å². The van der Waals surface area contributed by atoms with Crippen molar-refractivity contribution in [1.29, 1.82) is 0 Å². The average Bonchev–Trinajstić information content (AvgIpc) is 0.891. The summed E-state index contributed by atoms with van der Waals surface area (Å²) in [5.74, 6) is -1.22. The van der Waals surface area contributed by atoms with Crippen molar-refractivity contribution in [3.8, 4) is 0 Å². The molecule has 0 aromatic carbocycles. The van der Waals surface area contributed by atoms with E-state index in [0.29, 0.717) is 25.7 Å². The van der Waals surface area contributed by atoms with E-state index in [1.807, 2.05) is 0 Å². The van der Waals surface area contributed by atoms with Crippen molar-refractivity contribution in [3.63, 3.8) is 0 Å². The molecule has 0 spiro atoms. The Morgan fingerprint density at radius 2 is 0.436 bits per heavy atom. The molecule has 0 rings (SSSR count). The zero-order valence-corrected chi connectivity index (χ0v) is 74.2. The highest BCUT2D eigenvalue weighted by Crippen LogP contribution is 2.45. The number of rotatable bonds is 91. The average molecular weight is 1610 g/mol. The largest absolute Gasteiger partial charge is 0.472 e. The lowest BCUT2D eigenvalue weighted by molar-refractivity contribution is -0.161. The number of phosphoric acid groups is 2. The second-order valence-electron chi connectivity index (χ2n) is 32.9. The minimum Gasteiger partial charge on any atom is -0.462 e. The van der Waals surface area contributed by atoms with Gasteiger partial charge in [-0.1, -0.05) is 446 Å². The molecular formula is C91H178O17P2. The molecule has 6 atom stereocenters. The van der Waals surface area contributed by atoms with Gasteiger partial charge < -0.3 is 33.8 Å². The Kier molecular flexibility index (Phi) is 82.1. The van der Waals surface area contributed by atoms with Gasteiger partial charge in [-0.05, 0) is 31.6 Å². The van der Waals surface area contributed by atoms with Gasteiger partial charge >= 0.3 is 39.5 Å². The van der Waals surface area contributed by atoms with Crippen molar-refractivity contribution in [1.82, 2.24) is 0 Å². The molecule has 0 fully saturated rings. The maximum Gasteiger partial charge on any atom is 0.472 e. The number of aliphatic hydroxyl groups excluding tert-OH is 1. The molecule has 0 aliphatic carbocycles. The standard InChI is InChI=1S/C91H178O17P2/c1-6-10-13-16-19-22-25-27-29-31-32-33-34-39-42-46-50-55-60-65-70-75-89(94)102-81-87(108-91(96)77-72-67-62-57-52-48-44-40-36-35-38-41-45-49-53-58-63-68-73-84(5)9-4)83-106-110(99,100)104-79-85(92)78-103-109(97,98)105-82-86(80-101-88(93)74-69-64-59-54-24-21-18-15-12-8-3)107-90(95)76-71-66-61-56-51-47-43-37-30-28-26-23-20-17-14-11-7-2/h84-87,92H,6-83H2,1-5H3,(H,97,98)(H,99,100)/t84?,85-,86+,87+/m0/s1. The van der Waals surface area contributed by atoms with Crippen LogP contribution in [0.5, 0.6) is 0 Å². The Labute approximate surface area is 677 Å². The van der Waals surface area contributed by atoms with Crippen LogP contribution in [-0.4, -0.2) is 96.7 Å². The van der Waals surface area contributed by atoms with Crippen molar-refractivity contribution >= 4 is 39.5 Å². The summed E-state index contributed by atoms with van der Waals surface area (Å²) in [6, 6.07) is 0. The third-order valence-corrected chi connectivity index (χ3v) is 23.8. The quantitative estimate of drug-likeness (QED) is 0.0222. The van der Waals surface area contributed by atoms with Crippen molar-refractivity contribution < 1.29 is 80.2 Å². The number of carbonyl (C=O) groups excluding carboxylic acids is 4. The van der Waals surface area contributed by atoms with Crippen LogP contribution < -0.4 is 0 Å². The zero-order chi connectivity index (χ0) is 80.4. The number of hydrogen-bond donors (Lipinski definition) is 3. The summed E-state index contributed by atoms with van der Waals surface area (Å²) in [6.45, 7) is 7.45. The molecule has 3 unspecified atom stereocenters. The van der Waals surface area contributed by atoms with Gasteiger partial charge in [0, 0.05) is 25.7 Å². The molecule has 17 nitrogen and oxygen atoms in total. The maximum atomic E-state index is 13.2. The van der Waals surface area contributed by atoms with Crippen LogP contribution in [0.4, 0.5) is 0 Å². The molecule has 3 N–H and O–H groups in total. The van der Waals surface area contributed by atoms with E-state index in [2.05, 4.69) is 34.6 Å². The lowest BCUT2D eigenvalue weighted by Gasteiger charge is -2.21. The second-order valence-corrected chi connectivity index (χ2v) is 35.8. The summed E-state index contributed by atoms with van der Waals surface area (Å²) in [5, 5.41) is 10.7. The van der Waals surface area contributed by atoms with Crippen molar-refractivity contribution in [2.24, 2.45) is 5.92 Å². The van der Waals surface area contributed by atoms with Crippen LogP contribution in [0.3, 0.4) is 0 Å². The van der Waals surface area contributed by atoms with E-state index in [4.69, 9.17) is 37.0 Å². The molecular weight excluding hydrogens is 1430 g/mol. The molecule has 0 aliphatic rings. The predicted octanol–water partition coefficient (Wildman–Crippen LogP) is 28.3. The first kappa shape index (κ1) is 108. The first-order valence-electron chi connectivity index (χ1n) is 47.2. The molecule has 0 heterocycles. The molecule has 0 aromatic heterocycles. The number of ether oxygens (including phenoxy) is 4. The normalized spacial score (nSPS) is 13.9. The smallest absolute Gasteiger partial charge is 0.462 e. The Morgan fingerprint density at radius 1 is 0.255 bits per heavy atom. The van der Waals surface area contributed by atoms with Crippen LogP contribution in [0.15, 0.2) is 0 Å². The van der Waals surface area contributed by atoms with Gasteiger partial charge in [-0.2, -0.15) is 0 Å². The molecule has 0 amide bonds. The van der Waals surface area contributed by atoms with Gasteiger partial charge in [0.05, 0.1) is 26.4 Å². The van der Waals surface area contributed by atoms with E-state index in [0.717, 1.165) is 95.8 Å². The van der Waals surface area contributed by atoms with Gasteiger partial charge in [0.25, 0.3) is 0 Å². The van der Waals surface area contributed by atoms with Crippen LogP contribution in [0.25, 0.3) is 0 Å². The number of aliphatic hydroxyl groups is 1. The molecule has 0 saturated carbocycles. The number of hydrogen-bond acceptors (Lipinski definition) is 15. The van der Waals surface area contributed by atoms with Crippen LogP contribution in [0, 0.1) is 5.92 Å². The predicted molar refractivity (Wildman–Crippen MR) is 455 cm³/mol. The fourth-order valence-corrected chi connectivity index (χ4v) is 15.9. The summed E-state index contributed by atoms with van der Waals surface area (Å²) in [5.41, 5.74) is 0. The highest BCUT2D eigenvalue weighted by molar-refractivity contribution is 7.47. The lowest BCUT2D eigenvalue weighted by atomic mass is 9.99. The van der Waals surface area contributed by atoms with E-state index < -0.39 is 97.5 Å². The molecule has 19 heteroatoms. The topological polar surface area (TPSA) is 237 Å². The monoisotopic (exact) mass is 1610 g/mol. The minimum absolute atomic E-state index is 0.109. The summed E-state index contributed by atoms with van der Waals surface area (Å²) in [6.07, 6.45) is 79.2. The van der Waals surface area contributed by atoms with Gasteiger partial charge in [0.2, 0.25) is 0 Å². The first-order valence-corrected chi connectivity index (χ1v) is 50.2. The molecule has 0 aliphatic heterocycles. The molecule has 654 valence electrons. The number of carbonyl (C=O) groups is 4. The van der Waals surface area contributed by atoms with E-state index in [1.165, 1.54) is 321 Å². The maximum absolute atomic E-state index is 13.2. The minimum atomic E-state index is -4.97. The van der Waals surface area contributed by atoms with E-state index >= 15 is 0 Å². The van der Waals surface area contributed by atoms with Gasteiger partial charge in [0.15, 0.2) is 12.2 Å². The third-order valence-electron chi connectivity index (χ3n) is 21.9. The van der Waals surface area contributed by atoms with E-state index in [-0.39, 0.29) is 25.7 Å². The van der Waals surface area contributed by atoms with Crippen LogP contribution in [-0.2, 0) is 65.4 Å². The van der Waals surface area contributed by atoms with Gasteiger partial charge in [0.1, 0.15) is 19.3 Å². The number of esters is 4. The molecule has 110 heavy (non-hydrogen) atoms. The lowest BCUT2D eigenvalue weighted by Crippen LogP contribution is -2.30. The Balaban J connectivity index is 5.21. The number of unbranched alkanes of at least 4 members (excludes halogenated alkanes) is 62. The Hall–Kier alpha value is -1.94. The van der Waals surface area contributed by atoms with E-state index in [9.17, 15) is 43.2 Å². The summed E-state index contributed by atoms with van der Waals surface area (Å²) in [4.78, 5) is 73.4. The third kappa shape index (κ3) is 82.6. The second kappa shape index (κ2) is 83.5. The fraction of sp³-hybridized carbons (Fsp3) is 0.956. The summed E-state index contributed by atoms with van der Waals surface area (Å²) in [7, 11) is -9.93. The highest BCUT2D eigenvalue weighted by atomic mass is 31.2. The van der Waals surface area contributed by atoms with Crippen molar-refractivity contribution in [2.45, 2.75) is 515 Å². The molecule has 0 aromatic rings. The SMILES string of the molecule is CCCCCCCCCCCCCCCCCCCCCCCC(=O)OC[C@H](COP(=O)(O)OC[C@@H](O)COP(=O)(O)OC[C@@H](COC(=O)CCCCCCCCCCCC)OC(=O)CCCCCCCCCCCCCCCCCCC)OC(=O)CCCCCCCCCCCCCCCCCCCCC(C)CC. The van der Waals surface area contributed by atoms with Crippen LogP contribution >= 0.6 is 15.6 Å². The molecule has 0 bridgehead atoms. The molecule has 0 radical (unpaired) electrons. The van der Waals surface area contributed by atoms with Gasteiger partial charge in [-0.3, -0.25) is 37.3 Å². The first-order chi connectivity index (χ1) is 53.6. The molecule has 0 saturated heterocycles. The van der Waals surface area contributed by atoms with Crippen LogP contribution in [0.2, 0.25) is 0 Å².